The van der Waals surface area contributed by atoms with E-state index in [2.05, 4.69) is 4.74 Å². The van der Waals surface area contributed by atoms with Gasteiger partial charge >= 0.3 is 5.97 Å². The highest BCUT2D eigenvalue weighted by Gasteiger charge is 2.18. The van der Waals surface area contributed by atoms with Gasteiger partial charge in [-0.2, -0.15) is 0 Å². The van der Waals surface area contributed by atoms with E-state index in [9.17, 15) is 19.8 Å². The molecule has 2 N–H and O–H groups in total. The van der Waals surface area contributed by atoms with E-state index in [1.165, 1.54) is 7.11 Å². The van der Waals surface area contributed by atoms with Gasteiger partial charge < -0.3 is 14.9 Å². The molecule has 0 spiro atoms. The molecule has 1 aromatic carbocycles. The quantitative estimate of drug-likeness (QED) is 0.434. The summed E-state index contributed by atoms with van der Waals surface area (Å²) in [5, 5.41) is 19.6. The van der Waals surface area contributed by atoms with Crippen LogP contribution in [0.15, 0.2) is 24.3 Å². The van der Waals surface area contributed by atoms with E-state index in [1.54, 1.807) is 24.3 Å². The molecule has 0 aliphatic carbocycles. The Balaban J connectivity index is 2.65. The number of alkyl halides is 1. The third-order valence-corrected chi connectivity index (χ3v) is 3.35. The average molecular weight is 315 g/mol. The number of ether oxygens (including phenoxy) is 1. The highest BCUT2D eigenvalue weighted by Crippen LogP contribution is 2.20. The van der Waals surface area contributed by atoms with Gasteiger partial charge in [0.2, 0.25) is 0 Å². The van der Waals surface area contributed by atoms with Gasteiger partial charge in [0.05, 0.1) is 19.6 Å². The Kier molecular flexibility index (Phi) is 7.36. The Morgan fingerprint density at radius 2 is 1.81 bits per heavy atom. The van der Waals surface area contributed by atoms with Crippen molar-refractivity contribution >= 4 is 23.4 Å². The topological polar surface area (TPSA) is 83.8 Å². The second-order valence-electron chi connectivity index (χ2n) is 4.61. The minimum absolute atomic E-state index is 0.0359. The van der Waals surface area contributed by atoms with Gasteiger partial charge in [0, 0.05) is 17.9 Å². The molecule has 0 radical (unpaired) electrons. The van der Waals surface area contributed by atoms with Crippen LogP contribution < -0.4 is 0 Å². The van der Waals surface area contributed by atoms with E-state index in [1.807, 2.05) is 0 Å². The van der Waals surface area contributed by atoms with Crippen LogP contribution >= 0.6 is 11.6 Å². The lowest BCUT2D eigenvalue weighted by Crippen LogP contribution is -2.18. The van der Waals surface area contributed by atoms with Crippen LogP contribution in [-0.2, 0) is 9.53 Å². The molecule has 0 aliphatic rings. The molecule has 0 saturated carbocycles. The first-order valence-corrected chi connectivity index (χ1v) is 7.15. The number of aliphatic hydroxyl groups is 2. The van der Waals surface area contributed by atoms with Crippen molar-refractivity contribution in [2.45, 2.75) is 31.5 Å². The fraction of sp³-hybridized carbons (Fsp3) is 0.467. The number of halogens is 1. The van der Waals surface area contributed by atoms with Gasteiger partial charge in [-0.3, -0.25) is 9.59 Å². The minimum atomic E-state index is -1.04. The molecule has 0 aromatic heterocycles. The molecule has 116 valence electrons. The van der Waals surface area contributed by atoms with Gasteiger partial charge in [-0.05, 0) is 12.0 Å². The van der Waals surface area contributed by atoms with Gasteiger partial charge in [-0.1, -0.05) is 24.3 Å². The first-order valence-electron chi connectivity index (χ1n) is 6.61. The number of hydrogen-bond acceptors (Lipinski definition) is 5. The van der Waals surface area contributed by atoms with Crippen LogP contribution in [0.25, 0.3) is 0 Å². The van der Waals surface area contributed by atoms with Crippen molar-refractivity contribution in [1.82, 2.24) is 0 Å². The van der Waals surface area contributed by atoms with Crippen molar-refractivity contribution < 1.29 is 24.5 Å². The monoisotopic (exact) mass is 314 g/mol. The zero-order valence-corrected chi connectivity index (χ0v) is 12.5. The first kappa shape index (κ1) is 17.6. The Labute approximate surface area is 128 Å². The highest BCUT2D eigenvalue weighted by molar-refractivity contribution is 6.17. The van der Waals surface area contributed by atoms with Crippen molar-refractivity contribution in [2.24, 2.45) is 0 Å². The van der Waals surface area contributed by atoms with Gasteiger partial charge in [0.1, 0.15) is 6.10 Å². The Hall–Kier alpha value is -1.43. The third kappa shape index (κ3) is 5.46. The van der Waals surface area contributed by atoms with E-state index in [0.717, 1.165) is 0 Å². The van der Waals surface area contributed by atoms with Crippen molar-refractivity contribution in [3.8, 4) is 0 Å². The van der Waals surface area contributed by atoms with Gasteiger partial charge in [0.25, 0.3) is 0 Å². The van der Waals surface area contributed by atoms with Gasteiger partial charge in [-0.25, -0.2) is 0 Å². The van der Waals surface area contributed by atoms with Crippen LogP contribution in [0.2, 0.25) is 0 Å². The van der Waals surface area contributed by atoms with Crippen LogP contribution in [0.4, 0.5) is 0 Å². The number of methoxy groups -OCH3 is 1. The number of hydrogen-bond donors (Lipinski definition) is 2. The summed E-state index contributed by atoms with van der Waals surface area (Å²) in [5.41, 5.74) is 0.957. The molecular formula is C15H19ClO5. The van der Waals surface area contributed by atoms with Crippen LogP contribution in [-0.4, -0.2) is 41.1 Å². The van der Waals surface area contributed by atoms with E-state index in [0.29, 0.717) is 11.1 Å². The van der Waals surface area contributed by atoms with Crippen molar-refractivity contribution in [1.29, 1.82) is 0 Å². The van der Waals surface area contributed by atoms with Crippen LogP contribution in [0.3, 0.4) is 0 Å². The van der Waals surface area contributed by atoms with Crippen molar-refractivity contribution in [2.75, 3.05) is 13.0 Å². The molecule has 6 heteroatoms. The van der Waals surface area contributed by atoms with E-state index in [-0.39, 0.29) is 30.9 Å². The van der Waals surface area contributed by atoms with Crippen LogP contribution in [0.5, 0.6) is 0 Å². The molecule has 2 unspecified atom stereocenters. The summed E-state index contributed by atoms with van der Waals surface area (Å²) in [6, 6.07) is 6.28. The molecular weight excluding hydrogens is 296 g/mol. The van der Waals surface area contributed by atoms with Crippen LogP contribution in [0.1, 0.15) is 41.3 Å². The lowest BCUT2D eigenvalue weighted by atomic mass is 9.99. The predicted octanol–water partition coefficient (Wildman–Crippen LogP) is 1.85. The summed E-state index contributed by atoms with van der Waals surface area (Å²) in [6.07, 6.45) is -1.59. The maximum atomic E-state index is 11.8. The fourth-order valence-electron chi connectivity index (χ4n) is 1.82. The fourth-order valence-corrected chi connectivity index (χ4v) is 2.04. The molecule has 0 fully saturated rings. The number of carbonyl (C=O) groups is 2. The summed E-state index contributed by atoms with van der Waals surface area (Å²) >= 11 is 5.51. The number of ketones is 1. The summed E-state index contributed by atoms with van der Waals surface area (Å²) in [6.45, 7) is 0. The molecule has 0 amide bonds. The second kappa shape index (κ2) is 8.77. The smallest absolute Gasteiger partial charge is 0.305 e. The SMILES string of the molecule is COC(=O)CCC(=O)c1ccc(C(O)C(O)CCCl)cc1. The Morgan fingerprint density at radius 1 is 1.19 bits per heavy atom. The molecule has 21 heavy (non-hydrogen) atoms. The van der Waals surface area contributed by atoms with Gasteiger partial charge in [-0.15, -0.1) is 11.6 Å². The number of rotatable bonds is 8. The predicted molar refractivity (Wildman–Crippen MR) is 78.3 cm³/mol. The van der Waals surface area contributed by atoms with Crippen molar-refractivity contribution in [3.63, 3.8) is 0 Å². The normalized spacial score (nSPS) is 13.5. The number of aliphatic hydroxyl groups excluding tert-OH is 2. The second-order valence-corrected chi connectivity index (χ2v) is 4.99. The molecule has 0 heterocycles. The third-order valence-electron chi connectivity index (χ3n) is 3.13. The zero-order valence-electron chi connectivity index (χ0n) is 11.8. The van der Waals surface area contributed by atoms with E-state index in [4.69, 9.17) is 11.6 Å². The molecule has 1 rings (SSSR count). The number of carbonyl (C=O) groups excluding carboxylic acids is 2. The first-order chi connectivity index (χ1) is 9.99. The molecule has 2 atom stereocenters. The standard InChI is InChI=1S/C15H19ClO5/c1-21-14(19)7-6-12(17)10-2-4-11(5-3-10)15(20)13(18)8-9-16/h2-5,13,15,18,20H,6-9H2,1H3. The van der Waals surface area contributed by atoms with Crippen LogP contribution in [0, 0.1) is 0 Å². The maximum Gasteiger partial charge on any atom is 0.305 e. The Morgan fingerprint density at radius 3 is 2.33 bits per heavy atom. The maximum absolute atomic E-state index is 11.8. The summed E-state index contributed by atoms with van der Waals surface area (Å²) in [7, 11) is 1.27. The largest absolute Gasteiger partial charge is 0.469 e. The van der Waals surface area contributed by atoms with Crippen molar-refractivity contribution in [3.05, 3.63) is 35.4 Å². The van der Waals surface area contributed by atoms with E-state index >= 15 is 0 Å². The molecule has 1 aromatic rings. The minimum Gasteiger partial charge on any atom is -0.469 e. The summed E-state index contributed by atoms with van der Waals surface area (Å²) in [4.78, 5) is 22.8. The molecule has 5 nitrogen and oxygen atoms in total. The molecule has 0 saturated heterocycles. The lowest BCUT2D eigenvalue weighted by Gasteiger charge is -2.17. The average Bonchev–Trinajstić information content (AvgIpc) is 2.51. The number of benzene rings is 1. The number of Topliss-reactive ketones (excluding diaryl/α,β-unsaturated/α-hetero) is 1. The lowest BCUT2D eigenvalue weighted by molar-refractivity contribution is -0.140. The Bertz CT molecular complexity index is 471. The van der Waals surface area contributed by atoms with Gasteiger partial charge in [0.15, 0.2) is 5.78 Å². The highest BCUT2D eigenvalue weighted by atomic mass is 35.5. The molecule has 0 bridgehead atoms. The summed E-state index contributed by atoms with van der Waals surface area (Å²) in [5.74, 6) is -0.357. The van der Waals surface area contributed by atoms with E-state index < -0.39 is 18.2 Å². The summed E-state index contributed by atoms with van der Waals surface area (Å²) < 4.78 is 4.47. The zero-order chi connectivity index (χ0) is 15.8. The number of esters is 1. The molecule has 0 aliphatic heterocycles.